The molecular weight excluding hydrogens is 348 g/mol. The maximum absolute atomic E-state index is 11.9. The average Bonchev–Trinajstić information content (AvgIpc) is 2.69. The van der Waals surface area contributed by atoms with Gasteiger partial charge in [0.1, 0.15) is 0 Å². The Hall–Kier alpha value is -2.13. The van der Waals surface area contributed by atoms with Gasteiger partial charge in [-0.05, 0) is 63.0 Å². The van der Waals surface area contributed by atoms with E-state index in [2.05, 4.69) is 62.4 Å². The topological polar surface area (TPSA) is 46.5 Å². The molecule has 0 fully saturated rings. The molecule has 0 bridgehead atoms. The van der Waals surface area contributed by atoms with Gasteiger partial charge in [-0.2, -0.15) is 0 Å². The molecule has 2 aromatic carbocycles. The lowest BCUT2D eigenvalue weighted by atomic mass is 9.84. The second-order valence-electron chi connectivity index (χ2n) is 8.03. The molecule has 3 atom stereocenters. The molecule has 0 aliphatic heterocycles. The number of methoxy groups -OCH3 is 1. The molecule has 28 heavy (non-hydrogen) atoms. The second kappa shape index (κ2) is 11.0. The summed E-state index contributed by atoms with van der Waals surface area (Å²) < 4.78 is 4.89. The Morgan fingerprint density at radius 3 is 2.11 bits per heavy atom. The van der Waals surface area contributed by atoms with E-state index in [1.165, 1.54) is 29.4 Å². The molecule has 0 aromatic heterocycles. The average molecular weight is 383 g/mol. The zero-order valence-electron chi connectivity index (χ0n) is 17.7. The van der Waals surface area contributed by atoms with Crippen LogP contribution in [0.15, 0.2) is 48.5 Å². The van der Waals surface area contributed by atoms with Crippen LogP contribution >= 0.6 is 0 Å². The Balaban J connectivity index is 1.94. The SMILES string of the molecule is COC(=O)C(C)CC(CC(O)CCCc1ccc(C)cc1)c1ccc(C)cc1. The van der Waals surface area contributed by atoms with Crippen LogP contribution in [-0.4, -0.2) is 24.3 Å². The summed E-state index contributed by atoms with van der Waals surface area (Å²) in [5.74, 6) is -0.230. The number of aliphatic hydroxyl groups is 1. The number of benzene rings is 2. The number of hydrogen-bond acceptors (Lipinski definition) is 3. The van der Waals surface area contributed by atoms with Crippen LogP contribution in [0.2, 0.25) is 0 Å². The molecule has 0 aliphatic carbocycles. The fourth-order valence-corrected chi connectivity index (χ4v) is 3.67. The quantitative estimate of drug-likeness (QED) is 0.563. The number of carbonyl (C=O) groups excluding carboxylic acids is 1. The Labute approximate surface area is 169 Å². The van der Waals surface area contributed by atoms with E-state index in [4.69, 9.17) is 4.74 Å². The predicted octanol–water partition coefficient (Wildman–Crippen LogP) is 5.36. The lowest BCUT2D eigenvalue weighted by molar-refractivity contribution is -0.145. The van der Waals surface area contributed by atoms with Crippen LogP contribution in [0.1, 0.15) is 60.8 Å². The molecular formula is C25H34O3. The van der Waals surface area contributed by atoms with Crippen LogP contribution < -0.4 is 0 Å². The summed E-state index contributed by atoms with van der Waals surface area (Å²) in [6, 6.07) is 17.0. The van der Waals surface area contributed by atoms with Gasteiger partial charge in [-0.25, -0.2) is 0 Å². The lowest BCUT2D eigenvalue weighted by Crippen LogP contribution is -2.19. The van der Waals surface area contributed by atoms with Crippen LogP contribution in [0.4, 0.5) is 0 Å². The van der Waals surface area contributed by atoms with Crippen LogP contribution in [0.3, 0.4) is 0 Å². The van der Waals surface area contributed by atoms with Gasteiger partial charge in [0.2, 0.25) is 0 Å². The van der Waals surface area contributed by atoms with E-state index in [1.54, 1.807) is 0 Å². The summed E-state index contributed by atoms with van der Waals surface area (Å²) in [6.45, 7) is 6.06. The highest BCUT2D eigenvalue weighted by Gasteiger charge is 2.23. The molecule has 2 aromatic rings. The molecule has 0 saturated carbocycles. The fourth-order valence-electron chi connectivity index (χ4n) is 3.67. The van der Waals surface area contributed by atoms with E-state index >= 15 is 0 Å². The fraction of sp³-hybridized carbons (Fsp3) is 0.480. The molecule has 0 radical (unpaired) electrons. The molecule has 0 aliphatic rings. The minimum absolute atomic E-state index is 0.143. The maximum Gasteiger partial charge on any atom is 0.308 e. The third kappa shape index (κ3) is 7.12. The highest BCUT2D eigenvalue weighted by molar-refractivity contribution is 5.71. The maximum atomic E-state index is 11.9. The highest BCUT2D eigenvalue weighted by atomic mass is 16.5. The van der Waals surface area contributed by atoms with Crippen molar-refractivity contribution in [2.45, 2.75) is 64.9 Å². The van der Waals surface area contributed by atoms with Crippen LogP contribution in [0, 0.1) is 19.8 Å². The molecule has 152 valence electrons. The summed E-state index contributed by atoms with van der Waals surface area (Å²) in [6.07, 6.45) is 3.68. The number of carbonyl (C=O) groups is 1. The standard InChI is InChI=1S/C25H34O3/c1-18-8-12-21(13-9-18)6-5-7-24(26)17-23(16-20(3)25(27)28-4)22-14-10-19(2)11-15-22/h8-15,20,23-24,26H,5-7,16-17H2,1-4H3. The van der Waals surface area contributed by atoms with Gasteiger partial charge in [0.15, 0.2) is 0 Å². The van der Waals surface area contributed by atoms with Crippen molar-refractivity contribution in [3.8, 4) is 0 Å². The van der Waals surface area contributed by atoms with Gasteiger partial charge in [0, 0.05) is 0 Å². The van der Waals surface area contributed by atoms with E-state index in [0.29, 0.717) is 12.8 Å². The van der Waals surface area contributed by atoms with Crippen molar-refractivity contribution in [3.05, 3.63) is 70.8 Å². The minimum Gasteiger partial charge on any atom is -0.469 e. The zero-order valence-corrected chi connectivity index (χ0v) is 17.7. The monoisotopic (exact) mass is 382 g/mol. The van der Waals surface area contributed by atoms with Gasteiger partial charge in [-0.3, -0.25) is 4.79 Å². The van der Waals surface area contributed by atoms with Crippen molar-refractivity contribution < 1.29 is 14.6 Å². The first-order chi connectivity index (χ1) is 13.4. The number of rotatable bonds is 10. The van der Waals surface area contributed by atoms with E-state index in [-0.39, 0.29) is 23.9 Å². The van der Waals surface area contributed by atoms with Gasteiger partial charge >= 0.3 is 5.97 Å². The zero-order chi connectivity index (χ0) is 20.5. The largest absolute Gasteiger partial charge is 0.469 e. The van der Waals surface area contributed by atoms with Gasteiger partial charge in [-0.1, -0.05) is 66.6 Å². The summed E-state index contributed by atoms with van der Waals surface area (Å²) in [5, 5.41) is 10.7. The van der Waals surface area contributed by atoms with Gasteiger partial charge in [0.25, 0.3) is 0 Å². The summed E-state index contributed by atoms with van der Waals surface area (Å²) in [7, 11) is 1.43. The van der Waals surface area contributed by atoms with Crippen LogP contribution in [0.25, 0.3) is 0 Å². The van der Waals surface area contributed by atoms with E-state index in [1.807, 2.05) is 6.92 Å². The normalized spacial score (nSPS) is 14.3. The molecule has 3 unspecified atom stereocenters. The van der Waals surface area contributed by atoms with Gasteiger partial charge < -0.3 is 9.84 Å². The van der Waals surface area contributed by atoms with Gasteiger partial charge in [-0.15, -0.1) is 0 Å². The van der Waals surface area contributed by atoms with Crippen LogP contribution in [-0.2, 0) is 16.0 Å². The minimum atomic E-state index is -0.374. The van der Waals surface area contributed by atoms with Crippen molar-refractivity contribution in [3.63, 3.8) is 0 Å². The molecule has 0 heterocycles. The van der Waals surface area contributed by atoms with Crippen molar-refractivity contribution in [1.82, 2.24) is 0 Å². The number of hydrogen-bond donors (Lipinski definition) is 1. The first-order valence-electron chi connectivity index (χ1n) is 10.3. The van der Waals surface area contributed by atoms with E-state index in [9.17, 15) is 9.90 Å². The van der Waals surface area contributed by atoms with Crippen molar-refractivity contribution in [1.29, 1.82) is 0 Å². The number of ether oxygens (including phenoxy) is 1. The highest BCUT2D eigenvalue weighted by Crippen LogP contribution is 2.30. The van der Waals surface area contributed by atoms with E-state index in [0.717, 1.165) is 19.3 Å². The van der Waals surface area contributed by atoms with Gasteiger partial charge in [0.05, 0.1) is 19.1 Å². The van der Waals surface area contributed by atoms with Crippen molar-refractivity contribution in [2.75, 3.05) is 7.11 Å². The molecule has 0 saturated heterocycles. The lowest BCUT2D eigenvalue weighted by Gasteiger charge is -2.23. The second-order valence-corrected chi connectivity index (χ2v) is 8.03. The Bertz CT molecular complexity index is 718. The Morgan fingerprint density at radius 2 is 1.54 bits per heavy atom. The smallest absolute Gasteiger partial charge is 0.308 e. The first kappa shape index (κ1) is 22.2. The molecule has 2 rings (SSSR count). The third-order valence-corrected chi connectivity index (χ3v) is 5.47. The summed E-state index contributed by atoms with van der Waals surface area (Å²) >= 11 is 0. The number of aryl methyl sites for hydroxylation is 3. The molecule has 0 spiro atoms. The molecule has 3 heteroatoms. The number of aliphatic hydroxyl groups excluding tert-OH is 1. The summed E-state index contributed by atoms with van der Waals surface area (Å²) in [4.78, 5) is 11.9. The molecule has 1 N–H and O–H groups in total. The summed E-state index contributed by atoms with van der Waals surface area (Å²) in [5.41, 5.74) is 4.97. The Kier molecular flexibility index (Phi) is 8.72. The van der Waals surface area contributed by atoms with E-state index < -0.39 is 0 Å². The first-order valence-corrected chi connectivity index (χ1v) is 10.3. The van der Waals surface area contributed by atoms with Crippen molar-refractivity contribution >= 4 is 5.97 Å². The molecule has 0 amide bonds. The Morgan fingerprint density at radius 1 is 0.964 bits per heavy atom. The predicted molar refractivity (Wildman–Crippen MR) is 114 cm³/mol. The third-order valence-electron chi connectivity index (χ3n) is 5.47. The molecule has 3 nitrogen and oxygen atoms in total. The van der Waals surface area contributed by atoms with Crippen LogP contribution in [0.5, 0.6) is 0 Å². The number of esters is 1. The van der Waals surface area contributed by atoms with Crippen molar-refractivity contribution in [2.24, 2.45) is 5.92 Å².